The monoisotopic (exact) mass is 1090 g/mol. The molecule has 0 heterocycles. The topological polar surface area (TPSA) is 3.24 Å². The van der Waals surface area contributed by atoms with Gasteiger partial charge in [-0.15, -0.1) is 0 Å². The smallest absolute Gasteiger partial charge is 0.0492 e. The van der Waals surface area contributed by atoms with Gasteiger partial charge in [0.15, 0.2) is 0 Å². The molecule has 1 heteroatoms. The average molecular weight is 1090 g/mol. The van der Waals surface area contributed by atoms with E-state index in [1.54, 1.807) is 23.3 Å². The highest BCUT2D eigenvalue weighted by Crippen LogP contribution is 2.48. The van der Waals surface area contributed by atoms with Gasteiger partial charge in [-0.1, -0.05) is 268 Å². The average Bonchev–Trinajstić information content (AvgIpc) is 1.36. The minimum absolute atomic E-state index is 0.980. The number of allylic oxidation sites excluding steroid dienone is 8. The van der Waals surface area contributed by atoms with E-state index in [9.17, 15) is 0 Å². The Morgan fingerprint density at radius 2 is 0.893 bits per heavy atom. The quantitative estimate of drug-likeness (QED) is 0.0775. The van der Waals surface area contributed by atoms with Crippen molar-refractivity contribution in [2.75, 3.05) is 4.90 Å². The molecule has 11 aromatic carbocycles. The van der Waals surface area contributed by atoms with Crippen LogP contribution in [0.5, 0.6) is 0 Å². The Balaban J connectivity index is 0.000000373. The highest BCUT2D eigenvalue weighted by molar-refractivity contribution is 6.23. The molecule has 12 rings (SSSR count). The van der Waals surface area contributed by atoms with Crippen molar-refractivity contribution in [2.24, 2.45) is 0 Å². The van der Waals surface area contributed by atoms with Crippen LogP contribution in [0.2, 0.25) is 0 Å². The molecule has 1 nitrogen and oxygen atoms in total. The Morgan fingerprint density at radius 3 is 1.32 bits per heavy atom. The van der Waals surface area contributed by atoms with Crippen molar-refractivity contribution in [3.05, 3.63) is 313 Å². The number of benzene rings is 11. The summed E-state index contributed by atoms with van der Waals surface area (Å²) < 4.78 is 0. The third-order valence-electron chi connectivity index (χ3n) is 16.4. The van der Waals surface area contributed by atoms with E-state index in [1.165, 1.54) is 136 Å². The van der Waals surface area contributed by atoms with Gasteiger partial charge in [0.2, 0.25) is 0 Å². The summed E-state index contributed by atoms with van der Waals surface area (Å²) in [6, 6.07) is 80.9. The normalized spacial score (nSPS) is 12.5. The number of unbranched alkanes of at least 4 members (excludes halogenated alkanes) is 1. The van der Waals surface area contributed by atoms with Crippen LogP contribution in [-0.2, 0) is 12.8 Å². The van der Waals surface area contributed by atoms with E-state index in [1.807, 2.05) is 13.0 Å². The Hall–Kier alpha value is -9.30. The predicted octanol–water partition coefficient (Wildman–Crippen LogP) is 24.2. The number of hydrogen-bond donors (Lipinski definition) is 0. The molecule has 0 bridgehead atoms. The molecule has 0 aromatic heterocycles. The van der Waals surface area contributed by atoms with Gasteiger partial charge in [0, 0.05) is 17.1 Å². The van der Waals surface area contributed by atoms with Crippen molar-refractivity contribution in [3.63, 3.8) is 0 Å². The van der Waals surface area contributed by atoms with Crippen LogP contribution in [-0.4, -0.2) is 0 Å². The minimum atomic E-state index is 0.980. The van der Waals surface area contributed by atoms with Crippen LogP contribution < -0.4 is 4.90 Å². The molecular weight excluding hydrogens is 1010 g/mol. The summed E-state index contributed by atoms with van der Waals surface area (Å²) in [6.45, 7) is 24.4. The Labute approximate surface area is 500 Å². The van der Waals surface area contributed by atoms with Crippen LogP contribution in [0.1, 0.15) is 82.1 Å². The van der Waals surface area contributed by atoms with Crippen molar-refractivity contribution >= 4 is 54.5 Å². The largest absolute Gasteiger partial charge is 0.310 e. The van der Waals surface area contributed by atoms with Gasteiger partial charge in [-0.05, 0) is 214 Å². The second-order valence-corrected chi connectivity index (χ2v) is 22.4. The molecule has 0 amide bonds. The zero-order valence-electron chi connectivity index (χ0n) is 50.2. The van der Waals surface area contributed by atoms with E-state index in [0.29, 0.717) is 0 Å². The molecule has 0 N–H and O–H groups in total. The van der Waals surface area contributed by atoms with Gasteiger partial charge < -0.3 is 4.90 Å². The zero-order valence-corrected chi connectivity index (χ0v) is 50.2. The van der Waals surface area contributed by atoms with Gasteiger partial charge in [0.1, 0.15) is 0 Å². The van der Waals surface area contributed by atoms with E-state index in [0.717, 1.165) is 41.8 Å². The first-order valence-electron chi connectivity index (χ1n) is 30.1. The van der Waals surface area contributed by atoms with Crippen LogP contribution in [0.25, 0.3) is 87.6 Å². The molecule has 416 valence electrons. The molecule has 0 saturated heterocycles. The number of rotatable bonds is 14. The lowest BCUT2D eigenvalue weighted by atomic mass is 9.83. The van der Waals surface area contributed by atoms with Crippen molar-refractivity contribution < 1.29 is 0 Å². The predicted molar refractivity (Wildman–Crippen MR) is 370 cm³/mol. The van der Waals surface area contributed by atoms with Crippen molar-refractivity contribution in [1.29, 1.82) is 0 Å². The van der Waals surface area contributed by atoms with Gasteiger partial charge >= 0.3 is 0 Å². The lowest BCUT2D eigenvalue weighted by Crippen LogP contribution is -2.17. The maximum atomic E-state index is 4.46. The molecule has 0 fully saturated rings. The highest BCUT2D eigenvalue weighted by atomic mass is 15.1. The number of aryl methyl sites for hydroxylation is 4. The molecule has 1 aliphatic carbocycles. The zero-order chi connectivity index (χ0) is 58.5. The highest BCUT2D eigenvalue weighted by Gasteiger charge is 2.22. The Bertz CT molecular complexity index is 4140. The molecule has 0 radical (unpaired) electrons. The fourth-order valence-electron chi connectivity index (χ4n) is 12.3. The first-order valence-corrected chi connectivity index (χ1v) is 30.1. The second-order valence-electron chi connectivity index (χ2n) is 22.4. The van der Waals surface area contributed by atoms with Crippen LogP contribution in [0.15, 0.2) is 291 Å². The second kappa shape index (κ2) is 27.2. The van der Waals surface area contributed by atoms with Crippen LogP contribution in [0, 0.1) is 13.8 Å². The van der Waals surface area contributed by atoms with E-state index in [4.69, 9.17) is 0 Å². The molecule has 0 unspecified atom stereocenters. The van der Waals surface area contributed by atoms with Crippen molar-refractivity contribution in [1.82, 2.24) is 0 Å². The summed E-state index contributed by atoms with van der Waals surface area (Å²) in [7, 11) is 0. The SMILES string of the molecule is C=C(C)/C(CCCC)=C(\C=C/C)N(c1ccccc1)c1ccc(-c2c3ccccc3c(-c3cccc(-c4c5ccccc5c(-c5ccc(C)cc5)c5ccccc45)c3)c3ccccc23)cc1.C=C/C=C(/C)C=C.Cc1ccc2c(c1)CCCC2. The standard InChI is InChI=1S/C65H55N.C11H14.C7H10/c1-6-8-26-52(44(3)4)61(21-7-2)66(50-24-10-9-11-25-50)51-41-39-47(40-42-51)63-55-29-14-18-33-59(55)65(60-34-19-15-30-56(60)63)49-23-20-22-48(43-49)64-57-31-16-12-27-53(57)62(46-37-35-45(5)36-38-46)54-28-13-17-32-58(54)64;1-9-6-7-10-4-2-3-5-11(10)8-9;1-4-6-7(3)5-2/h7,9-25,27-43H,3,6,8,26H2,1-2,4-5H3;6-8H,2-5H2,1H3;4-6H,1-2H2,3H3/b21-7-,61-52+;;7-6-. The van der Waals surface area contributed by atoms with Gasteiger partial charge in [0.25, 0.3) is 0 Å². The van der Waals surface area contributed by atoms with E-state index in [2.05, 4.69) is 290 Å². The maximum absolute atomic E-state index is 4.46. The molecular formula is C83H79N. The first kappa shape index (κ1) is 57.9. The minimum Gasteiger partial charge on any atom is -0.310 e. The summed E-state index contributed by atoms with van der Waals surface area (Å²) >= 11 is 0. The fraction of sp³-hybridized carbons (Fsp3) is 0.157. The molecule has 11 aromatic rings. The lowest BCUT2D eigenvalue weighted by Gasteiger charge is -2.29. The van der Waals surface area contributed by atoms with Crippen molar-refractivity contribution in [2.45, 2.75) is 86.5 Å². The molecule has 0 saturated carbocycles. The van der Waals surface area contributed by atoms with Gasteiger partial charge in [-0.3, -0.25) is 0 Å². The molecule has 0 aliphatic heterocycles. The number of nitrogens with zero attached hydrogens (tertiary/aromatic N) is 1. The summed E-state index contributed by atoms with van der Waals surface area (Å²) in [5.74, 6) is 0. The summed E-state index contributed by atoms with van der Waals surface area (Å²) in [5.41, 5.74) is 22.7. The molecule has 0 spiro atoms. The number of anilines is 2. The van der Waals surface area contributed by atoms with Crippen LogP contribution >= 0.6 is 0 Å². The van der Waals surface area contributed by atoms with E-state index in [-0.39, 0.29) is 0 Å². The number of para-hydroxylation sites is 1. The number of hydrogen-bond acceptors (Lipinski definition) is 1. The van der Waals surface area contributed by atoms with Gasteiger partial charge in [-0.25, -0.2) is 0 Å². The summed E-state index contributed by atoms with van der Waals surface area (Å²) in [4.78, 5) is 2.40. The third-order valence-corrected chi connectivity index (χ3v) is 16.4. The van der Waals surface area contributed by atoms with Crippen LogP contribution in [0.3, 0.4) is 0 Å². The van der Waals surface area contributed by atoms with E-state index >= 15 is 0 Å². The van der Waals surface area contributed by atoms with Gasteiger partial charge in [0.05, 0.1) is 0 Å². The lowest BCUT2D eigenvalue weighted by molar-refractivity contribution is 0.685. The third kappa shape index (κ3) is 12.5. The fourth-order valence-corrected chi connectivity index (χ4v) is 12.3. The summed E-state index contributed by atoms with van der Waals surface area (Å²) in [5, 5.41) is 10.00. The maximum Gasteiger partial charge on any atom is 0.0492 e. The Morgan fingerprint density at radius 1 is 0.464 bits per heavy atom. The molecule has 1 aliphatic rings. The van der Waals surface area contributed by atoms with E-state index < -0.39 is 0 Å². The number of fused-ring (bicyclic) bond motifs is 5. The molecule has 84 heavy (non-hydrogen) atoms. The van der Waals surface area contributed by atoms with Gasteiger partial charge in [-0.2, -0.15) is 0 Å². The Kier molecular flexibility index (Phi) is 18.7. The first-order chi connectivity index (χ1) is 41.1. The summed E-state index contributed by atoms with van der Waals surface area (Å²) in [6.07, 6.45) is 18.4. The van der Waals surface area contributed by atoms with Crippen LogP contribution in [0.4, 0.5) is 11.4 Å². The molecule has 0 atom stereocenters. The van der Waals surface area contributed by atoms with Crippen molar-refractivity contribution in [3.8, 4) is 44.5 Å².